The Bertz CT molecular complexity index is 649. The highest BCUT2D eigenvalue weighted by molar-refractivity contribution is 5.78. The van der Waals surface area contributed by atoms with E-state index in [0.29, 0.717) is 12.2 Å². The number of hydrogen-bond acceptors (Lipinski definition) is 4. The summed E-state index contributed by atoms with van der Waals surface area (Å²) in [4.78, 5) is 14.7. The number of carbonyl (C=O) groups is 1. The molecule has 0 heterocycles. The van der Waals surface area contributed by atoms with E-state index in [2.05, 4.69) is 30.6 Å². The zero-order valence-corrected chi connectivity index (χ0v) is 16.3. The lowest BCUT2D eigenvalue weighted by Crippen LogP contribution is -2.34. The first kappa shape index (κ1) is 20.3. The molecule has 1 atom stereocenters. The van der Waals surface area contributed by atoms with E-state index in [9.17, 15) is 9.90 Å². The van der Waals surface area contributed by atoms with Gasteiger partial charge in [0.1, 0.15) is 5.75 Å². The van der Waals surface area contributed by atoms with Gasteiger partial charge in [-0.3, -0.25) is 0 Å². The first-order valence-corrected chi connectivity index (χ1v) is 9.77. The van der Waals surface area contributed by atoms with Crippen molar-refractivity contribution in [3.8, 4) is 17.6 Å². The number of esters is 1. The van der Waals surface area contributed by atoms with Gasteiger partial charge in [-0.05, 0) is 57.7 Å². The molecule has 0 spiro atoms. The van der Waals surface area contributed by atoms with Crippen LogP contribution in [0.2, 0.25) is 0 Å². The van der Waals surface area contributed by atoms with Crippen LogP contribution in [0.5, 0.6) is 5.75 Å². The minimum absolute atomic E-state index is 0.0186. The number of hydrogen-bond donors (Lipinski definition) is 1. The van der Waals surface area contributed by atoms with Gasteiger partial charge >= 0.3 is 5.97 Å². The molecule has 1 N–H and O–H groups in total. The molecule has 4 nitrogen and oxygen atoms in total. The Hall–Kier alpha value is -1.99. The number of aliphatic hydroxyl groups excluding tert-OH is 1. The highest BCUT2D eigenvalue weighted by Crippen LogP contribution is 2.29. The zero-order valence-electron chi connectivity index (χ0n) is 16.3. The predicted molar refractivity (Wildman–Crippen MR) is 105 cm³/mol. The summed E-state index contributed by atoms with van der Waals surface area (Å²) < 4.78 is 5.58. The Balaban J connectivity index is 2.17. The molecule has 4 heteroatoms. The fourth-order valence-corrected chi connectivity index (χ4v) is 3.58. The molecule has 1 aliphatic carbocycles. The Morgan fingerprint density at radius 2 is 1.96 bits per heavy atom. The van der Waals surface area contributed by atoms with E-state index < -0.39 is 12.1 Å². The molecule has 0 amide bonds. The van der Waals surface area contributed by atoms with Crippen LogP contribution in [-0.4, -0.2) is 30.3 Å². The molecule has 142 valence electrons. The molecule has 1 aromatic rings. The van der Waals surface area contributed by atoms with Crippen LogP contribution in [0.3, 0.4) is 0 Å². The third-order valence-corrected chi connectivity index (χ3v) is 5.18. The van der Waals surface area contributed by atoms with E-state index in [1.807, 2.05) is 18.2 Å². The molecular weight excluding hydrogens is 326 g/mol. The molecule has 0 aliphatic heterocycles. The van der Waals surface area contributed by atoms with Crippen molar-refractivity contribution in [2.75, 3.05) is 18.0 Å². The molecule has 1 fully saturated rings. The Morgan fingerprint density at radius 3 is 2.58 bits per heavy atom. The van der Waals surface area contributed by atoms with Crippen molar-refractivity contribution in [2.45, 2.75) is 65.4 Å². The molecule has 0 radical (unpaired) electrons. The van der Waals surface area contributed by atoms with Crippen molar-refractivity contribution < 1.29 is 14.6 Å². The van der Waals surface area contributed by atoms with Crippen molar-refractivity contribution >= 4 is 11.7 Å². The molecular formula is C22H31NO3. The van der Waals surface area contributed by atoms with Crippen LogP contribution in [0.4, 0.5) is 5.69 Å². The number of rotatable bonds is 7. The minimum Gasteiger partial charge on any atom is -0.424 e. The minimum atomic E-state index is -1.04. The maximum Gasteiger partial charge on any atom is 0.340 e. The van der Waals surface area contributed by atoms with E-state index in [0.717, 1.165) is 50.0 Å². The summed E-state index contributed by atoms with van der Waals surface area (Å²) in [7, 11) is 0. The number of aliphatic hydroxyl groups is 1. The Morgan fingerprint density at radius 1 is 1.27 bits per heavy atom. The summed E-state index contributed by atoms with van der Waals surface area (Å²) >= 11 is 0. The number of anilines is 1. The third-order valence-electron chi connectivity index (χ3n) is 5.18. The zero-order chi connectivity index (χ0) is 18.9. The van der Waals surface area contributed by atoms with Gasteiger partial charge in [0, 0.05) is 30.8 Å². The van der Waals surface area contributed by atoms with Gasteiger partial charge in [0.05, 0.1) is 0 Å². The topological polar surface area (TPSA) is 49.8 Å². The van der Waals surface area contributed by atoms with Gasteiger partial charge in [-0.15, -0.1) is 5.92 Å². The first-order valence-electron chi connectivity index (χ1n) is 9.77. The van der Waals surface area contributed by atoms with Crippen LogP contribution in [0.25, 0.3) is 0 Å². The second-order valence-corrected chi connectivity index (χ2v) is 6.83. The van der Waals surface area contributed by atoms with Gasteiger partial charge in [-0.25, -0.2) is 4.79 Å². The SMILES string of the molecule is CC#CCc1cc(N(CC)CC)ccc1OC(=O)C(O)C1CCCCC1. The normalized spacial score (nSPS) is 15.7. The van der Waals surface area contributed by atoms with Crippen LogP contribution in [0.15, 0.2) is 18.2 Å². The van der Waals surface area contributed by atoms with Gasteiger partial charge in [0.2, 0.25) is 0 Å². The fraction of sp³-hybridized carbons (Fsp3) is 0.591. The Kier molecular flexibility index (Phi) is 8.00. The molecule has 1 aliphatic rings. The predicted octanol–water partition coefficient (Wildman–Crippen LogP) is 3.95. The second-order valence-electron chi connectivity index (χ2n) is 6.83. The number of benzene rings is 1. The lowest BCUT2D eigenvalue weighted by molar-refractivity contribution is -0.147. The maximum atomic E-state index is 12.5. The lowest BCUT2D eigenvalue weighted by Gasteiger charge is -2.26. The van der Waals surface area contributed by atoms with E-state index in [1.54, 1.807) is 6.92 Å². The smallest absolute Gasteiger partial charge is 0.340 e. The van der Waals surface area contributed by atoms with Crippen LogP contribution in [0.1, 0.15) is 58.4 Å². The largest absolute Gasteiger partial charge is 0.424 e. The van der Waals surface area contributed by atoms with Gasteiger partial charge in [0.15, 0.2) is 6.10 Å². The van der Waals surface area contributed by atoms with E-state index in [-0.39, 0.29) is 5.92 Å². The first-order chi connectivity index (χ1) is 12.6. The summed E-state index contributed by atoms with van der Waals surface area (Å²) in [5, 5.41) is 10.4. The van der Waals surface area contributed by atoms with Gasteiger partial charge in [0.25, 0.3) is 0 Å². The molecule has 0 bridgehead atoms. The molecule has 1 aromatic carbocycles. The summed E-state index contributed by atoms with van der Waals surface area (Å²) in [5.74, 6) is 5.92. The van der Waals surface area contributed by atoms with Crippen LogP contribution < -0.4 is 9.64 Å². The van der Waals surface area contributed by atoms with Gasteiger partial charge in [-0.2, -0.15) is 0 Å². The summed E-state index contributed by atoms with van der Waals surface area (Å²) in [5.41, 5.74) is 1.98. The average molecular weight is 357 g/mol. The van der Waals surface area contributed by atoms with Crippen LogP contribution in [0, 0.1) is 17.8 Å². The summed E-state index contributed by atoms with van der Waals surface area (Å²) in [6.07, 6.45) is 4.60. The molecule has 0 saturated heterocycles. The summed E-state index contributed by atoms with van der Waals surface area (Å²) in [6.45, 7) is 7.85. The molecule has 0 aromatic heterocycles. The number of carbonyl (C=O) groups excluding carboxylic acids is 1. The lowest BCUT2D eigenvalue weighted by atomic mass is 9.85. The highest BCUT2D eigenvalue weighted by atomic mass is 16.5. The van der Waals surface area contributed by atoms with E-state index >= 15 is 0 Å². The van der Waals surface area contributed by atoms with Gasteiger partial charge < -0.3 is 14.7 Å². The van der Waals surface area contributed by atoms with Crippen molar-refractivity contribution in [1.82, 2.24) is 0 Å². The highest BCUT2D eigenvalue weighted by Gasteiger charge is 2.29. The van der Waals surface area contributed by atoms with E-state index in [1.165, 1.54) is 6.42 Å². The van der Waals surface area contributed by atoms with Crippen LogP contribution >= 0.6 is 0 Å². The number of nitrogens with zero attached hydrogens (tertiary/aromatic N) is 1. The average Bonchev–Trinajstić information content (AvgIpc) is 2.68. The Labute approximate surface area is 157 Å². The van der Waals surface area contributed by atoms with Crippen molar-refractivity contribution in [3.05, 3.63) is 23.8 Å². The van der Waals surface area contributed by atoms with Gasteiger partial charge in [-0.1, -0.05) is 25.2 Å². The van der Waals surface area contributed by atoms with E-state index in [4.69, 9.17) is 4.74 Å². The second kappa shape index (κ2) is 10.2. The molecule has 2 rings (SSSR count). The number of ether oxygens (including phenoxy) is 1. The standard InChI is InChI=1S/C22H31NO3/c1-4-7-11-18-16-19(23(5-2)6-3)14-15-20(18)26-22(25)21(24)17-12-9-8-10-13-17/h14-17,21,24H,5-6,8-13H2,1-3H3. The van der Waals surface area contributed by atoms with Crippen molar-refractivity contribution in [2.24, 2.45) is 5.92 Å². The maximum absolute atomic E-state index is 12.5. The van der Waals surface area contributed by atoms with Crippen LogP contribution in [-0.2, 0) is 11.2 Å². The summed E-state index contributed by atoms with van der Waals surface area (Å²) in [6, 6.07) is 5.82. The molecule has 26 heavy (non-hydrogen) atoms. The quantitative estimate of drug-likeness (QED) is 0.456. The molecule has 1 saturated carbocycles. The fourth-order valence-electron chi connectivity index (χ4n) is 3.58. The third kappa shape index (κ3) is 5.25. The molecule has 1 unspecified atom stereocenters. The van der Waals surface area contributed by atoms with Crippen molar-refractivity contribution in [3.63, 3.8) is 0 Å². The van der Waals surface area contributed by atoms with Crippen molar-refractivity contribution in [1.29, 1.82) is 0 Å². The monoisotopic (exact) mass is 357 g/mol.